The van der Waals surface area contributed by atoms with Crippen molar-refractivity contribution in [1.82, 2.24) is 0 Å². The van der Waals surface area contributed by atoms with Gasteiger partial charge in [0.15, 0.2) is 0 Å². The number of aryl methyl sites for hydroxylation is 1. The van der Waals surface area contributed by atoms with E-state index in [0.29, 0.717) is 11.9 Å². The maximum atomic E-state index is 11.2. The molecule has 3 heteroatoms. The first kappa shape index (κ1) is 9.84. The lowest BCUT2D eigenvalue weighted by atomic mass is 9.94. The van der Waals surface area contributed by atoms with Crippen LogP contribution < -0.4 is 0 Å². The molecule has 1 aromatic rings. The van der Waals surface area contributed by atoms with Gasteiger partial charge >= 0.3 is 5.97 Å². The maximum Gasteiger partial charge on any atom is 0.337 e. The van der Waals surface area contributed by atoms with E-state index in [-0.39, 0.29) is 5.97 Å². The topological polar surface area (TPSA) is 26.3 Å². The van der Waals surface area contributed by atoms with Crippen LogP contribution in [0.2, 0.25) is 0 Å². The Morgan fingerprint density at radius 3 is 2.69 bits per heavy atom. The molecule has 0 N–H and O–H groups in total. The van der Waals surface area contributed by atoms with Crippen molar-refractivity contribution in [1.29, 1.82) is 0 Å². The molecule has 0 unspecified atom stereocenters. The summed E-state index contributed by atoms with van der Waals surface area (Å²) in [5.74, 6) is -0.321. The van der Waals surface area contributed by atoms with Crippen molar-refractivity contribution in [3.63, 3.8) is 0 Å². The molecule has 0 amide bonds. The second-order valence-corrected chi connectivity index (χ2v) is 2.90. The minimum atomic E-state index is -0.321. The van der Waals surface area contributed by atoms with Gasteiger partial charge in [-0.25, -0.2) is 4.79 Å². The minimum absolute atomic E-state index is 0.321. The van der Waals surface area contributed by atoms with Crippen molar-refractivity contribution in [2.24, 2.45) is 0 Å². The van der Waals surface area contributed by atoms with Crippen LogP contribution in [0.1, 0.15) is 21.5 Å². The second kappa shape index (κ2) is 4.12. The van der Waals surface area contributed by atoms with Crippen LogP contribution in [-0.4, -0.2) is 20.9 Å². The Morgan fingerprint density at radius 1 is 1.46 bits per heavy atom. The van der Waals surface area contributed by atoms with Gasteiger partial charge in [0.05, 0.1) is 20.5 Å². The Labute approximate surface area is 79.3 Å². The van der Waals surface area contributed by atoms with E-state index in [2.05, 4.69) is 4.74 Å². The molecule has 1 rings (SSSR count). The largest absolute Gasteiger partial charge is 0.465 e. The SMILES string of the molecule is [B]Cc1cc(C)cc(C(=O)OC)c1. The zero-order valence-corrected chi connectivity index (χ0v) is 7.83. The fourth-order valence-corrected chi connectivity index (χ4v) is 1.22. The predicted molar refractivity (Wildman–Crippen MR) is 52.0 cm³/mol. The average Bonchev–Trinajstić information content (AvgIpc) is 2.15. The predicted octanol–water partition coefficient (Wildman–Crippen LogP) is 1.45. The Bertz CT molecular complexity index is 321. The lowest BCUT2D eigenvalue weighted by Crippen LogP contribution is -2.02. The van der Waals surface area contributed by atoms with Crippen LogP contribution in [0.15, 0.2) is 18.2 Å². The molecule has 0 aliphatic carbocycles. The van der Waals surface area contributed by atoms with Crippen molar-refractivity contribution >= 4 is 13.8 Å². The Kier molecular flexibility index (Phi) is 3.12. The van der Waals surface area contributed by atoms with Crippen LogP contribution in [0.5, 0.6) is 0 Å². The highest BCUT2D eigenvalue weighted by atomic mass is 16.5. The van der Waals surface area contributed by atoms with Gasteiger partial charge in [0, 0.05) is 0 Å². The second-order valence-electron chi connectivity index (χ2n) is 2.90. The quantitative estimate of drug-likeness (QED) is 0.501. The summed E-state index contributed by atoms with van der Waals surface area (Å²) >= 11 is 0. The zero-order chi connectivity index (χ0) is 9.84. The summed E-state index contributed by atoms with van der Waals surface area (Å²) in [5.41, 5.74) is 2.52. The van der Waals surface area contributed by atoms with Crippen molar-refractivity contribution in [2.45, 2.75) is 13.2 Å². The number of rotatable bonds is 2. The van der Waals surface area contributed by atoms with Gasteiger partial charge in [0.2, 0.25) is 0 Å². The van der Waals surface area contributed by atoms with E-state index in [4.69, 9.17) is 7.85 Å². The van der Waals surface area contributed by atoms with Crippen LogP contribution in [0.25, 0.3) is 0 Å². The number of ether oxygens (including phenoxy) is 1. The van der Waals surface area contributed by atoms with E-state index in [1.807, 2.05) is 13.0 Å². The third-order valence-electron chi connectivity index (χ3n) is 1.79. The molecular formula is C10H11BO2. The van der Waals surface area contributed by atoms with Gasteiger partial charge in [0.25, 0.3) is 0 Å². The van der Waals surface area contributed by atoms with Crippen LogP contribution in [0, 0.1) is 6.92 Å². The van der Waals surface area contributed by atoms with Crippen molar-refractivity contribution in [3.05, 3.63) is 34.9 Å². The van der Waals surface area contributed by atoms with Gasteiger partial charge in [-0.05, 0) is 19.1 Å². The first-order chi connectivity index (χ1) is 6.17. The Morgan fingerprint density at radius 2 is 2.15 bits per heavy atom. The normalized spacial score (nSPS) is 9.69. The molecule has 1 aromatic carbocycles. The van der Waals surface area contributed by atoms with E-state index < -0.39 is 0 Å². The van der Waals surface area contributed by atoms with E-state index >= 15 is 0 Å². The lowest BCUT2D eigenvalue weighted by Gasteiger charge is -2.04. The molecule has 0 atom stereocenters. The molecule has 0 aliphatic heterocycles. The average molecular weight is 174 g/mol. The summed E-state index contributed by atoms with van der Waals surface area (Å²) in [7, 11) is 6.84. The molecule has 0 fully saturated rings. The number of hydrogen-bond acceptors (Lipinski definition) is 2. The summed E-state index contributed by atoms with van der Waals surface area (Å²) in [4.78, 5) is 11.2. The smallest absolute Gasteiger partial charge is 0.337 e. The Balaban J connectivity index is 3.08. The number of benzene rings is 1. The van der Waals surface area contributed by atoms with Gasteiger partial charge in [-0.2, -0.15) is 0 Å². The highest BCUT2D eigenvalue weighted by molar-refractivity contribution is 6.08. The third-order valence-corrected chi connectivity index (χ3v) is 1.79. The molecule has 0 heterocycles. The molecule has 0 saturated heterocycles. The number of hydrogen-bond donors (Lipinski definition) is 0. The molecule has 0 saturated carbocycles. The van der Waals surface area contributed by atoms with E-state index in [1.54, 1.807) is 12.1 Å². The van der Waals surface area contributed by atoms with Crippen molar-refractivity contribution in [2.75, 3.05) is 7.11 Å². The van der Waals surface area contributed by atoms with Crippen molar-refractivity contribution < 1.29 is 9.53 Å². The molecule has 2 nitrogen and oxygen atoms in total. The molecule has 0 aliphatic rings. The van der Waals surface area contributed by atoms with E-state index in [0.717, 1.165) is 11.1 Å². The fraction of sp³-hybridized carbons (Fsp3) is 0.300. The number of carbonyl (C=O) groups is 1. The van der Waals surface area contributed by atoms with E-state index in [1.165, 1.54) is 7.11 Å². The Hall–Kier alpha value is -1.25. The number of carbonyl (C=O) groups excluding carboxylic acids is 1. The van der Waals surface area contributed by atoms with Gasteiger partial charge in [-0.15, -0.1) is 0 Å². The zero-order valence-electron chi connectivity index (χ0n) is 7.83. The molecule has 13 heavy (non-hydrogen) atoms. The molecule has 66 valence electrons. The van der Waals surface area contributed by atoms with Crippen molar-refractivity contribution in [3.8, 4) is 0 Å². The van der Waals surface area contributed by atoms with Gasteiger partial charge in [0.1, 0.15) is 0 Å². The van der Waals surface area contributed by atoms with Gasteiger partial charge in [-0.3, -0.25) is 0 Å². The third kappa shape index (κ3) is 2.34. The number of esters is 1. The van der Waals surface area contributed by atoms with Crippen LogP contribution in [-0.2, 0) is 11.1 Å². The van der Waals surface area contributed by atoms with Gasteiger partial charge < -0.3 is 4.74 Å². The molecule has 0 bridgehead atoms. The standard InChI is InChI=1S/C10H11BO2/c1-7-3-8(6-11)5-9(4-7)10(12)13-2/h3-5H,6H2,1-2H3. The summed E-state index contributed by atoms with van der Waals surface area (Å²) in [6.45, 7) is 1.92. The monoisotopic (exact) mass is 174 g/mol. The minimum Gasteiger partial charge on any atom is -0.465 e. The summed E-state index contributed by atoms with van der Waals surface area (Å²) in [6, 6.07) is 5.48. The first-order valence-electron chi connectivity index (χ1n) is 4.06. The molecule has 0 aromatic heterocycles. The van der Waals surface area contributed by atoms with Crippen LogP contribution in [0.3, 0.4) is 0 Å². The fourth-order valence-electron chi connectivity index (χ4n) is 1.22. The van der Waals surface area contributed by atoms with Gasteiger partial charge in [-0.1, -0.05) is 23.5 Å². The summed E-state index contributed by atoms with van der Waals surface area (Å²) in [6.07, 6.45) is 0.436. The first-order valence-corrected chi connectivity index (χ1v) is 4.06. The summed E-state index contributed by atoms with van der Waals surface area (Å²) < 4.78 is 4.61. The molecule has 2 radical (unpaired) electrons. The van der Waals surface area contributed by atoms with Crippen LogP contribution >= 0.6 is 0 Å². The summed E-state index contributed by atoms with van der Waals surface area (Å²) in [5, 5.41) is 0. The lowest BCUT2D eigenvalue weighted by molar-refractivity contribution is 0.0600. The molecular weight excluding hydrogens is 163 g/mol. The highest BCUT2D eigenvalue weighted by Crippen LogP contribution is 2.10. The van der Waals surface area contributed by atoms with Crippen LogP contribution in [0.4, 0.5) is 0 Å². The number of methoxy groups -OCH3 is 1. The van der Waals surface area contributed by atoms with E-state index in [9.17, 15) is 4.79 Å². The maximum absolute atomic E-state index is 11.2. The molecule has 0 spiro atoms. The highest BCUT2D eigenvalue weighted by Gasteiger charge is 2.05.